The maximum absolute atomic E-state index is 13.7. The third kappa shape index (κ3) is 3.72. The molecule has 11 nitrogen and oxygen atoms in total. The fraction of sp³-hybridized carbons (Fsp3) is 0.765. The van der Waals surface area contributed by atoms with Gasteiger partial charge in [0.25, 0.3) is 0 Å². The van der Waals surface area contributed by atoms with E-state index < -0.39 is 76.3 Å². The average Bonchev–Trinajstić information content (AvgIpc) is 3.40. The third-order valence-electron chi connectivity index (χ3n) is 13.1. The maximum Gasteiger partial charge on any atom is 0.338 e. The molecule has 11 heteroatoms. The Morgan fingerprint density at radius 3 is 2.31 bits per heavy atom. The lowest BCUT2D eigenvalue weighted by molar-refractivity contribution is -0.300. The Kier molecular flexibility index (Phi) is 7.48. The number of hydrogen-bond acceptors (Lipinski definition) is 11. The van der Waals surface area contributed by atoms with Crippen molar-refractivity contribution < 1.29 is 48.2 Å². The molecule has 1 saturated heterocycles. The number of benzene rings is 1. The van der Waals surface area contributed by atoms with Gasteiger partial charge in [-0.25, -0.2) is 4.79 Å². The molecule has 1 aromatic carbocycles. The van der Waals surface area contributed by atoms with Crippen LogP contribution in [0, 0.1) is 34.5 Å². The SMILES string of the molecule is CCN1C[C@]2(COC)[C@H](O)C[C@H](OC)[C@]34C1C([C@H](OC)[C@H]23)[C@@]1(OC(C)=O)C[C@H](OC)[C@@]2(O)C[C@@H]4[C@@H]1[C@H]2OC(=O)c1ccccc1. The van der Waals surface area contributed by atoms with Gasteiger partial charge in [0.15, 0.2) is 0 Å². The Labute approximate surface area is 264 Å². The van der Waals surface area contributed by atoms with Crippen LogP contribution in [0.15, 0.2) is 30.3 Å². The average molecular weight is 630 g/mol. The summed E-state index contributed by atoms with van der Waals surface area (Å²) in [6.07, 6.45) is -2.55. The van der Waals surface area contributed by atoms with E-state index in [4.69, 9.17) is 28.4 Å². The summed E-state index contributed by atoms with van der Waals surface area (Å²) in [5.74, 6) is -2.55. The zero-order valence-electron chi connectivity index (χ0n) is 27.0. The lowest BCUT2D eigenvalue weighted by Gasteiger charge is -2.70. The number of aliphatic hydroxyl groups excluding tert-OH is 1. The van der Waals surface area contributed by atoms with Gasteiger partial charge >= 0.3 is 11.9 Å². The number of likely N-dealkylation sites (tertiary alicyclic amines) is 1. The molecule has 5 saturated carbocycles. The number of aliphatic hydroxyl groups is 2. The normalized spacial score (nSPS) is 49.1. The van der Waals surface area contributed by atoms with Gasteiger partial charge in [-0.05, 0) is 31.0 Å². The smallest absolute Gasteiger partial charge is 0.338 e. The van der Waals surface area contributed by atoms with Crippen molar-refractivity contribution in [3.05, 3.63) is 35.9 Å². The van der Waals surface area contributed by atoms with Crippen LogP contribution in [0.25, 0.3) is 0 Å². The number of carbonyl (C=O) groups is 2. The van der Waals surface area contributed by atoms with Gasteiger partial charge in [0.1, 0.15) is 17.3 Å². The van der Waals surface area contributed by atoms with Crippen LogP contribution in [0.1, 0.15) is 43.5 Å². The fourth-order valence-corrected chi connectivity index (χ4v) is 12.2. The number of carbonyl (C=O) groups excluding carboxylic acids is 2. The first-order valence-corrected chi connectivity index (χ1v) is 16.2. The van der Waals surface area contributed by atoms with Crippen LogP contribution < -0.4 is 0 Å². The summed E-state index contributed by atoms with van der Waals surface area (Å²) in [7, 11) is 6.58. The van der Waals surface area contributed by atoms with Crippen molar-refractivity contribution in [3.8, 4) is 0 Å². The number of rotatable bonds is 9. The largest absolute Gasteiger partial charge is 0.458 e. The molecular weight excluding hydrogens is 582 g/mol. The second-order valence-electron chi connectivity index (χ2n) is 14.4. The molecule has 1 aliphatic heterocycles. The first kappa shape index (κ1) is 31.5. The van der Waals surface area contributed by atoms with Crippen LogP contribution in [0.5, 0.6) is 0 Å². The highest BCUT2D eigenvalue weighted by molar-refractivity contribution is 5.89. The summed E-state index contributed by atoms with van der Waals surface area (Å²) in [6, 6.07) is 8.56. The highest BCUT2D eigenvalue weighted by Crippen LogP contribution is 2.80. The monoisotopic (exact) mass is 629 g/mol. The summed E-state index contributed by atoms with van der Waals surface area (Å²) in [5, 5.41) is 24.8. The second kappa shape index (κ2) is 10.7. The molecule has 0 aromatic heterocycles. The van der Waals surface area contributed by atoms with Crippen LogP contribution in [0.2, 0.25) is 0 Å². The van der Waals surface area contributed by atoms with Crippen LogP contribution >= 0.6 is 0 Å². The molecule has 0 amide bonds. The van der Waals surface area contributed by atoms with E-state index in [2.05, 4.69) is 11.8 Å². The van der Waals surface area contributed by atoms with Crippen molar-refractivity contribution in [1.82, 2.24) is 4.90 Å². The van der Waals surface area contributed by atoms with Crippen molar-refractivity contribution in [2.75, 3.05) is 48.1 Å². The van der Waals surface area contributed by atoms with Crippen molar-refractivity contribution in [3.63, 3.8) is 0 Å². The van der Waals surface area contributed by atoms with Gasteiger partial charge in [-0.3, -0.25) is 9.69 Å². The first-order chi connectivity index (χ1) is 21.5. The number of esters is 2. The van der Waals surface area contributed by atoms with Gasteiger partial charge in [-0.1, -0.05) is 25.1 Å². The van der Waals surface area contributed by atoms with E-state index in [-0.39, 0.29) is 30.7 Å². The number of fused-ring (bicyclic) bond motifs is 2. The van der Waals surface area contributed by atoms with E-state index in [1.54, 1.807) is 52.7 Å². The van der Waals surface area contributed by atoms with E-state index in [0.717, 1.165) is 0 Å². The summed E-state index contributed by atoms with van der Waals surface area (Å²) in [5.41, 5.74) is -3.74. The third-order valence-corrected chi connectivity index (χ3v) is 13.1. The molecule has 2 unspecified atom stereocenters. The minimum Gasteiger partial charge on any atom is -0.458 e. The molecular formula is C34H47NO10. The Morgan fingerprint density at radius 1 is 1.00 bits per heavy atom. The standard InChI is InChI=1S/C34H47NO10/c1-7-35-16-31(17-40-3)21(37)13-22(41-4)34-20-14-32(39)23(42-5)15-33(45-18(2)36,25(28(34)35)26(43-6)27(31)34)24(20)29(32)44-30(38)19-11-9-8-10-12-19/h8-12,20-29,37,39H,7,13-17H2,1-6H3/t20-,21-,22+,23+,24-,25?,26+,27-,28?,29-,31+,32+,33-,34+/m1/s1. The number of nitrogens with zero attached hydrogens (tertiary/aromatic N) is 1. The van der Waals surface area contributed by atoms with E-state index in [1.165, 1.54) is 6.92 Å². The molecule has 1 aromatic rings. The molecule has 1 heterocycles. The highest BCUT2D eigenvalue weighted by Gasteiger charge is 2.90. The minimum absolute atomic E-state index is 0.163. The molecule has 0 radical (unpaired) electrons. The number of methoxy groups -OCH3 is 4. The van der Waals surface area contributed by atoms with Crippen molar-refractivity contribution in [2.45, 2.75) is 80.9 Å². The predicted molar refractivity (Wildman–Crippen MR) is 159 cm³/mol. The quantitative estimate of drug-likeness (QED) is 0.387. The van der Waals surface area contributed by atoms with E-state index in [0.29, 0.717) is 31.7 Å². The van der Waals surface area contributed by atoms with Gasteiger partial charge in [0.05, 0.1) is 36.6 Å². The summed E-state index contributed by atoms with van der Waals surface area (Å²) >= 11 is 0. The van der Waals surface area contributed by atoms with Gasteiger partial charge in [-0.15, -0.1) is 0 Å². The van der Waals surface area contributed by atoms with Gasteiger partial charge in [0, 0.05) is 89.4 Å². The Bertz CT molecular complexity index is 1330. The van der Waals surface area contributed by atoms with Crippen LogP contribution in [-0.2, 0) is 33.2 Å². The van der Waals surface area contributed by atoms with Crippen LogP contribution in [-0.4, -0.2) is 123 Å². The first-order valence-electron chi connectivity index (χ1n) is 16.2. The van der Waals surface area contributed by atoms with E-state index in [1.807, 2.05) is 6.07 Å². The Hall–Kier alpha value is -2.12. The molecule has 6 aliphatic rings. The number of hydrogen-bond donors (Lipinski definition) is 2. The van der Waals surface area contributed by atoms with Crippen molar-refractivity contribution in [2.24, 2.45) is 34.5 Å². The second-order valence-corrected chi connectivity index (χ2v) is 14.4. The lowest BCUT2D eigenvalue weighted by Crippen LogP contribution is -2.79. The molecule has 7 rings (SSSR count). The fourth-order valence-electron chi connectivity index (χ4n) is 12.2. The Morgan fingerprint density at radius 2 is 1.71 bits per heavy atom. The molecule has 45 heavy (non-hydrogen) atoms. The summed E-state index contributed by atoms with van der Waals surface area (Å²) in [4.78, 5) is 29.3. The zero-order chi connectivity index (χ0) is 32.1. The highest BCUT2D eigenvalue weighted by atomic mass is 16.6. The number of ether oxygens (including phenoxy) is 6. The van der Waals surface area contributed by atoms with Gasteiger partial charge in [-0.2, -0.15) is 0 Å². The topological polar surface area (TPSA) is 133 Å². The molecule has 5 aliphatic carbocycles. The molecule has 7 bridgehead atoms. The molecule has 14 atom stereocenters. The zero-order valence-corrected chi connectivity index (χ0v) is 27.0. The van der Waals surface area contributed by atoms with Gasteiger partial charge < -0.3 is 38.6 Å². The molecule has 2 N–H and O–H groups in total. The van der Waals surface area contributed by atoms with Crippen molar-refractivity contribution in [1.29, 1.82) is 0 Å². The van der Waals surface area contributed by atoms with Crippen LogP contribution in [0.3, 0.4) is 0 Å². The summed E-state index contributed by atoms with van der Waals surface area (Å²) in [6.45, 7) is 5.08. The molecule has 6 fully saturated rings. The number of piperidine rings is 1. The Balaban J connectivity index is 1.50. The molecule has 248 valence electrons. The van der Waals surface area contributed by atoms with Gasteiger partial charge in [0.2, 0.25) is 0 Å². The van der Waals surface area contributed by atoms with E-state index >= 15 is 0 Å². The van der Waals surface area contributed by atoms with Crippen LogP contribution in [0.4, 0.5) is 0 Å². The minimum atomic E-state index is -1.55. The van der Waals surface area contributed by atoms with Crippen molar-refractivity contribution >= 4 is 11.9 Å². The molecule has 1 spiro atoms. The summed E-state index contributed by atoms with van der Waals surface area (Å²) < 4.78 is 37.9. The predicted octanol–water partition coefficient (Wildman–Crippen LogP) is 1.68. The maximum atomic E-state index is 13.7. The van der Waals surface area contributed by atoms with E-state index in [9.17, 15) is 19.8 Å². The lowest BCUT2D eigenvalue weighted by atomic mass is 9.42.